The second-order valence-electron chi connectivity index (χ2n) is 5.09. The van der Waals surface area contributed by atoms with Crippen LogP contribution in [-0.4, -0.2) is 15.9 Å². The summed E-state index contributed by atoms with van der Waals surface area (Å²) in [6.45, 7) is 2.85. The smallest absolute Gasteiger partial charge is 0.155 e. The van der Waals surface area contributed by atoms with Gasteiger partial charge in [-0.3, -0.25) is 4.79 Å². The topological polar surface area (TPSA) is 50.2 Å². The molecule has 3 rings (SSSR count). The minimum atomic E-state index is -0.125. The Morgan fingerprint density at radius 1 is 1.08 bits per heavy atom. The van der Waals surface area contributed by atoms with E-state index >= 15 is 0 Å². The number of carbonyl (C=O) groups is 1. The summed E-state index contributed by atoms with van der Waals surface area (Å²) < 4.78 is 0. The molecule has 0 fully saturated rings. The fraction of sp³-hybridized carbons (Fsp3) is 0.100. The molecule has 24 heavy (non-hydrogen) atoms. The molecule has 1 aromatic heterocycles. The zero-order chi connectivity index (χ0) is 16.7. The maximum Gasteiger partial charge on any atom is 0.155 e. The van der Waals surface area contributed by atoms with E-state index in [0.717, 1.165) is 11.3 Å². The van der Waals surface area contributed by atoms with E-state index in [2.05, 4.69) is 29.2 Å². The zero-order valence-electron chi connectivity index (χ0n) is 13.5. The van der Waals surface area contributed by atoms with Crippen LogP contribution in [-0.2, 0) is 24.9 Å². The maximum absolute atomic E-state index is 10.0. The fourth-order valence-electron chi connectivity index (χ4n) is 2.08. The van der Waals surface area contributed by atoms with Crippen LogP contribution in [0.2, 0.25) is 0 Å². The second-order valence-corrected chi connectivity index (χ2v) is 5.09. The molecule has 1 N–H and O–H groups in total. The van der Waals surface area contributed by atoms with Gasteiger partial charge >= 0.3 is 0 Å². The van der Waals surface area contributed by atoms with Crippen molar-refractivity contribution in [1.29, 1.82) is 0 Å². The van der Waals surface area contributed by atoms with Crippen LogP contribution in [0, 0.1) is 6.07 Å². The van der Waals surface area contributed by atoms with E-state index in [-0.39, 0.29) is 31.6 Å². The molecule has 0 atom stereocenters. The average Bonchev–Trinajstić information content (AvgIpc) is 2.54. The van der Waals surface area contributed by atoms with Crippen LogP contribution in [0.15, 0.2) is 72.6 Å². The number of aliphatic hydroxyl groups is 1. The first-order chi connectivity index (χ1) is 11.1. The molecule has 1 radical (unpaired) electrons. The van der Waals surface area contributed by atoms with Crippen LogP contribution >= 0.6 is 0 Å². The predicted octanol–water partition coefficient (Wildman–Crippen LogP) is 4.74. The first-order valence-electron chi connectivity index (χ1n) is 7.26. The van der Waals surface area contributed by atoms with Gasteiger partial charge in [0.15, 0.2) is 5.78 Å². The zero-order valence-corrected chi connectivity index (χ0v) is 15.9. The second kappa shape index (κ2) is 9.76. The van der Waals surface area contributed by atoms with E-state index in [9.17, 15) is 4.79 Å². The van der Waals surface area contributed by atoms with Gasteiger partial charge in [-0.15, -0.1) is 35.9 Å². The van der Waals surface area contributed by atoms with Gasteiger partial charge in [0.05, 0.1) is 5.76 Å². The molecule has 0 bridgehead atoms. The number of hydrogen-bond donors (Lipinski definition) is 1. The number of ketones is 1. The van der Waals surface area contributed by atoms with E-state index in [1.165, 1.54) is 30.7 Å². The summed E-state index contributed by atoms with van der Waals surface area (Å²) in [6.07, 6.45) is 3.07. The Balaban J connectivity index is 0.000000312. The van der Waals surface area contributed by atoms with Gasteiger partial charge in [-0.1, -0.05) is 30.3 Å². The number of pyridine rings is 1. The molecule has 0 spiro atoms. The number of nitrogens with zero attached hydrogens (tertiary/aromatic N) is 1. The van der Waals surface area contributed by atoms with E-state index in [4.69, 9.17) is 5.11 Å². The van der Waals surface area contributed by atoms with Gasteiger partial charge in [-0.25, -0.2) is 0 Å². The molecule has 4 heteroatoms. The maximum atomic E-state index is 10.0. The SMILES string of the molecule is CC(=O)/C=C(/C)O.[Ir].[c-]1ccccc1-c1cc2ccccc2cn1. The van der Waals surface area contributed by atoms with E-state index in [1.807, 2.05) is 42.6 Å². The number of benzene rings is 2. The summed E-state index contributed by atoms with van der Waals surface area (Å²) in [6, 6.07) is 21.4. The van der Waals surface area contributed by atoms with Gasteiger partial charge in [0.25, 0.3) is 0 Å². The van der Waals surface area contributed by atoms with Crippen LogP contribution in [0.1, 0.15) is 13.8 Å². The van der Waals surface area contributed by atoms with Crippen LogP contribution < -0.4 is 0 Å². The first-order valence-corrected chi connectivity index (χ1v) is 7.26. The third-order valence-corrected chi connectivity index (χ3v) is 3.03. The molecule has 0 amide bonds. The van der Waals surface area contributed by atoms with Gasteiger partial charge in [0.2, 0.25) is 0 Å². The molecule has 1 heterocycles. The average molecular weight is 497 g/mol. The molecule has 0 aliphatic rings. The van der Waals surface area contributed by atoms with Crippen molar-refractivity contribution in [3.63, 3.8) is 0 Å². The largest absolute Gasteiger partial charge is 0.512 e. The third-order valence-electron chi connectivity index (χ3n) is 3.03. The van der Waals surface area contributed by atoms with E-state index < -0.39 is 0 Å². The molecule has 3 nitrogen and oxygen atoms in total. The molecule has 125 valence electrons. The number of rotatable bonds is 2. The van der Waals surface area contributed by atoms with E-state index in [1.54, 1.807) is 0 Å². The van der Waals surface area contributed by atoms with Crippen molar-refractivity contribution >= 4 is 16.6 Å². The minimum Gasteiger partial charge on any atom is -0.512 e. The Hall–Kier alpha value is -2.29. The van der Waals surface area contributed by atoms with Crippen LogP contribution in [0.4, 0.5) is 0 Å². The van der Waals surface area contributed by atoms with Crippen LogP contribution in [0.25, 0.3) is 22.0 Å². The summed E-state index contributed by atoms with van der Waals surface area (Å²) >= 11 is 0. The van der Waals surface area contributed by atoms with Crippen molar-refractivity contribution in [2.24, 2.45) is 0 Å². The Bertz CT molecular complexity index is 825. The van der Waals surface area contributed by atoms with Crippen molar-refractivity contribution in [1.82, 2.24) is 4.98 Å². The minimum absolute atomic E-state index is 0. The predicted molar refractivity (Wildman–Crippen MR) is 93.1 cm³/mol. The van der Waals surface area contributed by atoms with Gasteiger partial charge < -0.3 is 10.1 Å². The summed E-state index contributed by atoms with van der Waals surface area (Å²) in [5.41, 5.74) is 2.01. The monoisotopic (exact) mass is 497 g/mol. The molecule has 0 saturated carbocycles. The quantitative estimate of drug-likeness (QED) is 0.317. The fourth-order valence-corrected chi connectivity index (χ4v) is 2.08. The number of aromatic nitrogens is 1. The molecule has 0 aliphatic carbocycles. The van der Waals surface area contributed by atoms with Crippen molar-refractivity contribution in [3.8, 4) is 11.3 Å². The third kappa shape index (κ3) is 6.07. The summed E-state index contributed by atoms with van der Waals surface area (Å²) in [5, 5.41) is 10.7. The molecule has 0 saturated heterocycles. The number of carbonyl (C=O) groups excluding carboxylic acids is 1. The van der Waals surface area contributed by atoms with E-state index in [0.29, 0.717) is 0 Å². The number of fused-ring (bicyclic) bond motifs is 1. The van der Waals surface area contributed by atoms with Gasteiger partial charge in [0, 0.05) is 32.4 Å². The normalized spacial score (nSPS) is 10.3. The number of allylic oxidation sites excluding steroid dienone is 2. The van der Waals surface area contributed by atoms with Crippen LogP contribution in [0.5, 0.6) is 0 Å². The Labute approximate surface area is 155 Å². The summed E-state index contributed by atoms with van der Waals surface area (Å²) in [7, 11) is 0. The van der Waals surface area contributed by atoms with Gasteiger partial charge in [0.1, 0.15) is 0 Å². The first kappa shape index (κ1) is 19.8. The Morgan fingerprint density at radius 2 is 1.75 bits per heavy atom. The standard InChI is InChI=1S/C15H10N.C5H8O2.Ir/c1-2-6-12(7-3-1)15-10-13-8-4-5-9-14(13)11-16-15;1-4(6)3-5(2)7;/h1-6,8-11H;3,6H,1-2H3;/q-1;;/b;4-3-;. The van der Waals surface area contributed by atoms with Crippen LogP contribution in [0.3, 0.4) is 0 Å². The molecular formula is C20H18IrNO2-. The number of aliphatic hydroxyl groups excluding tert-OH is 1. The molecule has 2 aromatic carbocycles. The van der Waals surface area contributed by atoms with Gasteiger partial charge in [-0.05, 0) is 30.3 Å². The summed E-state index contributed by atoms with van der Waals surface area (Å²) in [4.78, 5) is 14.5. The Kier molecular flexibility index (Phi) is 8.03. The van der Waals surface area contributed by atoms with Crippen molar-refractivity contribution < 1.29 is 30.0 Å². The molecule has 3 aromatic rings. The molecular weight excluding hydrogens is 478 g/mol. The summed E-state index contributed by atoms with van der Waals surface area (Å²) in [5.74, 6) is -0.0625. The van der Waals surface area contributed by atoms with Crippen molar-refractivity contribution in [3.05, 3.63) is 78.7 Å². The molecule has 0 aliphatic heterocycles. The van der Waals surface area contributed by atoms with Gasteiger partial charge in [-0.2, -0.15) is 0 Å². The number of hydrogen-bond acceptors (Lipinski definition) is 3. The van der Waals surface area contributed by atoms with Crippen molar-refractivity contribution in [2.45, 2.75) is 13.8 Å². The Morgan fingerprint density at radius 3 is 2.29 bits per heavy atom. The van der Waals surface area contributed by atoms with Crippen molar-refractivity contribution in [2.75, 3.05) is 0 Å². The molecule has 0 unspecified atom stereocenters.